The monoisotopic (exact) mass is 271 g/mol. The number of carboxylic acid groups (broad SMARTS) is 1. The minimum atomic E-state index is -1.08. The smallest absolute Gasteiger partial charge is 0.336 e. The van der Waals surface area contributed by atoms with Gasteiger partial charge in [0.15, 0.2) is 0 Å². The van der Waals surface area contributed by atoms with Gasteiger partial charge >= 0.3 is 5.97 Å². The van der Waals surface area contributed by atoms with E-state index in [1.54, 1.807) is 24.5 Å². The van der Waals surface area contributed by atoms with Crippen molar-refractivity contribution < 1.29 is 14.7 Å². The number of amides is 1. The Bertz CT molecular complexity index is 641. The van der Waals surface area contributed by atoms with Crippen molar-refractivity contribution in [2.45, 2.75) is 6.42 Å². The Balaban J connectivity index is 2.38. The number of nitrogens with one attached hydrogen (secondary N) is 1. The van der Waals surface area contributed by atoms with Crippen LogP contribution >= 0.6 is 0 Å². The van der Waals surface area contributed by atoms with Crippen molar-refractivity contribution in [3.63, 3.8) is 0 Å². The topological polar surface area (TPSA) is 92.2 Å². The van der Waals surface area contributed by atoms with Gasteiger partial charge in [0.2, 0.25) is 0 Å². The van der Waals surface area contributed by atoms with Crippen LogP contribution in [0.2, 0.25) is 0 Å². The highest BCUT2D eigenvalue weighted by Gasteiger charge is 2.15. The third-order valence-electron chi connectivity index (χ3n) is 2.82. The van der Waals surface area contributed by atoms with E-state index in [4.69, 9.17) is 0 Å². The van der Waals surface area contributed by atoms with Gasteiger partial charge < -0.3 is 10.4 Å². The van der Waals surface area contributed by atoms with Gasteiger partial charge in [0.05, 0.1) is 5.56 Å². The van der Waals surface area contributed by atoms with Crippen molar-refractivity contribution >= 4 is 11.9 Å². The summed E-state index contributed by atoms with van der Waals surface area (Å²) >= 11 is 0. The molecule has 0 saturated carbocycles. The van der Waals surface area contributed by atoms with Crippen LogP contribution < -0.4 is 5.32 Å². The highest BCUT2D eigenvalue weighted by Crippen LogP contribution is 2.14. The number of pyridine rings is 2. The lowest BCUT2D eigenvalue weighted by molar-refractivity contribution is 0.0695. The fraction of sp³-hybridized carbons (Fsp3) is 0.143. The van der Waals surface area contributed by atoms with Gasteiger partial charge in [-0.05, 0) is 35.7 Å². The van der Waals surface area contributed by atoms with E-state index < -0.39 is 11.9 Å². The molecule has 0 saturated heterocycles. The average molecular weight is 271 g/mol. The second-order valence-electron chi connectivity index (χ2n) is 4.14. The molecule has 2 rings (SSSR count). The molecule has 102 valence electrons. The molecule has 6 nitrogen and oxygen atoms in total. The van der Waals surface area contributed by atoms with Crippen LogP contribution in [-0.2, 0) is 6.42 Å². The second kappa shape index (κ2) is 5.92. The van der Waals surface area contributed by atoms with Gasteiger partial charge in [-0.3, -0.25) is 14.8 Å². The molecule has 0 spiro atoms. The van der Waals surface area contributed by atoms with Crippen LogP contribution in [0.1, 0.15) is 32.0 Å². The molecular formula is C14H13N3O3. The maximum Gasteiger partial charge on any atom is 0.336 e. The van der Waals surface area contributed by atoms with Crippen molar-refractivity contribution in [3.8, 4) is 0 Å². The number of aromatic nitrogens is 2. The highest BCUT2D eigenvalue weighted by atomic mass is 16.4. The SMILES string of the molecule is CNC(=O)c1cc(C(=O)O)c(Cc2ccncc2)cn1. The number of hydrogen-bond acceptors (Lipinski definition) is 4. The zero-order chi connectivity index (χ0) is 14.5. The molecule has 0 radical (unpaired) electrons. The molecule has 2 aromatic heterocycles. The highest BCUT2D eigenvalue weighted by molar-refractivity contribution is 5.96. The molecule has 0 aliphatic carbocycles. The minimum absolute atomic E-state index is 0.0791. The number of hydrogen-bond donors (Lipinski definition) is 2. The first kappa shape index (κ1) is 13.7. The molecule has 20 heavy (non-hydrogen) atoms. The van der Waals surface area contributed by atoms with Crippen LogP contribution in [0, 0.1) is 0 Å². The van der Waals surface area contributed by atoms with Gasteiger partial charge in [-0.15, -0.1) is 0 Å². The Hall–Kier alpha value is -2.76. The number of carbonyl (C=O) groups is 2. The molecule has 1 amide bonds. The summed E-state index contributed by atoms with van der Waals surface area (Å²) in [6.45, 7) is 0. The van der Waals surface area contributed by atoms with Crippen molar-refractivity contribution in [3.05, 3.63) is 59.2 Å². The summed E-state index contributed by atoms with van der Waals surface area (Å²) in [7, 11) is 1.47. The van der Waals surface area contributed by atoms with Gasteiger partial charge in [-0.1, -0.05) is 0 Å². The summed E-state index contributed by atoms with van der Waals surface area (Å²) in [5.41, 5.74) is 1.65. The average Bonchev–Trinajstić information content (AvgIpc) is 2.47. The maximum atomic E-state index is 11.5. The van der Waals surface area contributed by atoms with Gasteiger partial charge in [0, 0.05) is 25.6 Å². The van der Waals surface area contributed by atoms with Crippen LogP contribution in [0.3, 0.4) is 0 Å². The van der Waals surface area contributed by atoms with Gasteiger partial charge in [0.25, 0.3) is 5.91 Å². The fourth-order valence-electron chi connectivity index (χ4n) is 1.80. The van der Waals surface area contributed by atoms with E-state index in [1.165, 1.54) is 19.3 Å². The molecule has 0 atom stereocenters. The molecule has 2 N–H and O–H groups in total. The molecule has 2 heterocycles. The third kappa shape index (κ3) is 2.97. The van der Waals surface area contributed by atoms with E-state index in [-0.39, 0.29) is 11.3 Å². The largest absolute Gasteiger partial charge is 0.478 e. The summed E-state index contributed by atoms with van der Waals surface area (Å²) in [4.78, 5) is 30.7. The van der Waals surface area contributed by atoms with Crippen LogP contribution in [0.4, 0.5) is 0 Å². The van der Waals surface area contributed by atoms with Crippen molar-refractivity contribution in [2.24, 2.45) is 0 Å². The Morgan fingerprint density at radius 2 is 2.00 bits per heavy atom. The van der Waals surface area contributed by atoms with Crippen molar-refractivity contribution in [1.82, 2.24) is 15.3 Å². The minimum Gasteiger partial charge on any atom is -0.478 e. The first-order valence-electron chi connectivity index (χ1n) is 5.95. The Labute approximate surface area is 115 Å². The number of rotatable bonds is 4. The predicted molar refractivity (Wildman–Crippen MR) is 71.6 cm³/mol. The van der Waals surface area contributed by atoms with Crippen LogP contribution in [0.25, 0.3) is 0 Å². The van der Waals surface area contributed by atoms with E-state index in [1.807, 2.05) is 0 Å². The van der Waals surface area contributed by atoms with E-state index in [0.29, 0.717) is 12.0 Å². The second-order valence-corrected chi connectivity index (χ2v) is 4.14. The van der Waals surface area contributed by atoms with E-state index in [9.17, 15) is 14.7 Å². The van der Waals surface area contributed by atoms with Gasteiger partial charge in [-0.2, -0.15) is 0 Å². The molecule has 0 aliphatic heterocycles. The van der Waals surface area contributed by atoms with Crippen molar-refractivity contribution in [1.29, 1.82) is 0 Å². The third-order valence-corrected chi connectivity index (χ3v) is 2.82. The van der Waals surface area contributed by atoms with E-state index >= 15 is 0 Å². The zero-order valence-electron chi connectivity index (χ0n) is 10.8. The molecular weight excluding hydrogens is 258 g/mol. The molecule has 0 aromatic carbocycles. The Kier molecular flexibility index (Phi) is 4.05. The van der Waals surface area contributed by atoms with Gasteiger partial charge in [0.1, 0.15) is 5.69 Å². The summed E-state index contributed by atoms with van der Waals surface area (Å²) < 4.78 is 0. The number of carbonyl (C=O) groups excluding carboxylic acids is 1. The number of nitrogens with zero attached hydrogens (tertiary/aromatic N) is 2. The molecule has 6 heteroatoms. The van der Waals surface area contributed by atoms with Crippen LogP contribution in [0.15, 0.2) is 36.8 Å². The lowest BCUT2D eigenvalue weighted by Gasteiger charge is -2.07. The Morgan fingerprint density at radius 3 is 2.60 bits per heavy atom. The van der Waals surface area contributed by atoms with Crippen LogP contribution in [0.5, 0.6) is 0 Å². The number of carboxylic acids is 1. The summed E-state index contributed by atoms with van der Waals surface area (Å²) in [5.74, 6) is -1.50. The first-order chi connectivity index (χ1) is 9.61. The molecule has 0 unspecified atom stereocenters. The van der Waals surface area contributed by atoms with Gasteiger partial charge in [-0.25, -0.2) is 4.79 Å². The normalized spacial score (nSPS) is 10.1. The van der Waals surface area contributed by atoms with Crippen molar-refractivity contribution in [2.75, 3.05) is 7.05 Å². The summed E-state index contributed by atoms with van der Waals surface area (Å²) in [6.07, 6.45) is 5.13. The molecule has 2 aromatic rings. The zero-order valence-corrected chi connectivity index (χ0v) is 10.8. The van der Waals surface area contributed by atoms with Crippen LogP contribution in [-0.4, -0.2) is 34.0 Å². The molecule has 0 bridgehead atoms. The maximum absolute atomic E-state index is 11.5. The molecule has 0 aliphatic rings. The quantitative estimate of drug-likeness (QED) is 0.869. The summed E-state index contributed by atoms with van der Waals surface area (Å²) in [5, 5.41) is 11.7. The van der Waals surface area contributed by atoms with E-state index in [2.05, 4.69) is 15.3 Å². The summed E-state index contributed by atoms with van der Waals surface area (Å²) in [6, 6.07) is 4.90. The first-order valence-corrected chi connectivity index (χ1v) is 5.95. The fourth-order valence-corrected chi connectivity index (χ4v) is 1.80. The lowest BCUT2D eigenvalue weighted by Crippen LogP contribution is -2.20. The van der Waals surface area contributed by atoms with E-state index in [0.717, 1.165) is 5.56 Å². The predicted octanol–water partition coefficient (Wildman–Crippen LogP) is 1.13. The molecule has 0 fully saturated rings. The standard InChI is InChI=1S/C14H13N3O3/c1-15-13(18)12-7-11(14(19)20)10(8-17-12)6-9-2-4-16-5-3-9/h2-5,7-8H,6H2,1H3,(H,15,18)(H,19,20). The number of aromatic carboxylic acids is 1. The lowest BCUT2D eigenvalue weighted by atomic mass is 10.0. The Morgan fingerprint density at radius 1 is 1.30 bits per heavy atom.